The maximum Gasteiger partial charge on any atom is 0.231 e. The zero-order valence-electron chi connectivity index (χ0n) is 13.7. The SMILES string of the molecule is CN(C)CC(CN(C)C)C(=O)C=Cc1ccc2c(c1)OCO2. The molecule has 0 spiro atoms. The number of hydrogen-bond donors (Lipinski definition) is 0. The second-order valence-corrected chi connectivity index (χ2v) is 6.07. The van der Waals surface area contributed by atoms with Gasteiger partial charge in [-0.3, -0.25) is 4.79 Å². The Morgan fingerprint density at radius 3 is 2.41 bits per heavy atom. The van der Waals surface area contributed by atoms with Gasteiger partial charge in [-0.25, -0.2) is 0 Å². The minimum atomic E-state index is -0.0322. The highest BCUT2D eigenvalue weighted by molar-refractivity contribution is 5.95. The number of nitrogens with zero attached hydrogens (tertiary/aromatic N) is 2. The van der Waals surface area contributed by atoms with E-state index in [1.807, 2.05) is 62.3 Å². The van der Waals surface area contributed by atoms with Gasteiger partial charge in [0.15, 0.2) is 17.3 Å². The Bertz CT molecular complexity index is 543. The second-order valence-electron chi connectivity index (χ2n) is 6.07. The monoisotopic (exact) mass is 304 g/mol. The van der Waals surface area contributed by atoms with Crippen molar-refractivity contribution in [1.82, 2.24) is 9.80 Å². The number of rotatable bonds is 7. The van der Waals surface area contributed by atoms with Crippen molar-refractivity contribution in [1.29, 1.82) is 0 Å². The molecule has 0 aromatic heterocycles. The van der Waals surface area contributed by atoms with Crippen LogP contribution in [0.1, 0.15) is 5.56 Å². The van der Waals surface area contributed by atoms with E-state index in [1.165, 1.54) is 0 Å². The van der Waals surface area contributed by atoms with E-state index in [4.69, 9.17) is 9.47 Å². The van der Waals surface area contributed by atoms with Gasteiger partial charge in [0.1, 0.15) is 0 Å². The molecule has 0 aliphatic carbocycles. The number of ether oxygens (including phenoxy) is 2. The molecule has 0 saturated carbocycles. The predicted octanol–water partition coefficient (Wildman–Crippen LogP) is 1.74. The smallest absolute Gasteiger partial charge is 0.231 e. The van der Waals surface area contributed by atoms with Crippen molar-refractivity contribution in [2.24, 2.45) is 5.92 Å². The van der Waals surface area contributed by atoms with Gasteiger partial charge in [-0.15, -0.1) is 0 Å². The van der Waals surface area contributed by atoms with Gasteiger partial charge < -0.3 is 19.3 Å². The Hall–Kier alpha value is -1.85. The third kappa shape index (κ3) is 4.58. The molecule has 5 nitrogen and oxygen atoms in total. The zero-order valence-corrected chi connectivity index (χ0v) is 13.7. The van der Waals surface area contributed by atoms with Crippen molar-refractivity contribution >= 4 is 11.9 Å². The lowest BCUT2D eigenvalue weighted by atomic mass is 10.0. The number of hydrogen-bond acceptors (Lipinski definition) is 5. The van der Waals surface area contributed by atoms with Crippen LogP contribution in [0.15, 0.2) is 24.3 Å². The first kappa shape index (κ1) is 16.5. The van der Waals surface area contributed by atoms with Crippen LogP contribution in [0.25, 0.3) is 6.08 Å². The van der Waals surface area contributed by atoms with Crippen molar-refractivity contribution in [3.8, 4) is 11.5 Å². The molecule has 0 bridgehead atoms. The van der Waals surface area contributed by atoms with E-state index in [-0.39, 0.29) is 18.5 Å². The van der Waals surface area contributed by atoms with Crippen LogP contribution in [0.3, 0.4) is 0 Å². The molecule has 5 heteroatoms. The lowest BCUT2D eigenvalue weighted by molar-refractivity contribution is -0.119. The topological polar surface area (TPSA) is 42.0 Å². The van der Waals surface area contributed by atoms with Gasteiger partial charge in [0, 0.05) is 19.0 Å². The summed E-state index contributed by atoms with van der Waals surface area (Å²) in [5.74, 6) is 1.59. The van der Waals surface area contributed by atoms with Crippen LogP contribution in [0, 0.1) is 5.92 Å². The molecule has 1 aliphatic heterocycles. The van der Waals surface area contributed by atoms with E-state index < -0.39 is 0 Å². The highest BCUT2D eigenvalue weighted by Crippen LogP contribution is 2.32. The first-order chi connectivity index (χ1) is 10.5. The number of carbonyl (C=O) groups excluding carboxylic acids is 1. The third-order valence-electron chi connectivity index (χ3n) is 3.41. The number of fused-ring (bicyclic) bond motifs is 1. The Labute approximate surface area is 132 Å². The molecule has 0 N–H and O–H groups in total. The van der Waals surface area contributed by atoms with E-state index in [0.29, 0.717) is 0 Å². The number of benzene rings is 1. The number of allylic oxidation sites excluding steroid dienone is 1. The number of carbonyl (C=O) groups is 1. The largest absolute Gasteiger partial charge is 0.454 e. The highest BCUT2D eigenvalue weighted by atomic mass is 16.7. The van der Waals surface area contributed by atoms with E-state index >= 15 is 0 Å². The Balaban J connectivity index is 2.04. The van der Waals surface area contributed by atoms with Gasteiger partial charge in [0.05, 0.1) is 0 Å². The maximum atomic E-state index is 12.4. The van der Waals surface area contributed by atoms with Gasteiger partial charge in [-0.2, -0.15) is 0 Å². The molecule has 1 aromatic carbocycles. The standard InChI is InChI=1S/C17H24N2O3/c1-18(2)10-14(11-19(3)4)15(20)7-5-13-6-8-16-17(9-13)22-12-21-16/h5-9,14H,10-12H2,1-4H3. The summed E-state index contributed by atoms with van der Waals surface area (Å²) in [4.78, 5) is 16.5. The molecule has 2 rings (SSSR count). The molecular weight excluding hydrogens is 280 g/mol. The van der Waals surface area contributed by atoms with Gasteiger partial charge in [0.25, 0.3) is 0 Å². The van der Waals surface area contributed by atoms with Gasteiger partial charge in [0.2, 0.25) is 6.79 Å². The van der Waals surface area contributed by atoms with Gasteiger partial charge in [-0.05, 0) is 52.0 Å². The van der Waals surface area contributed by atoms with Crippen molar-refractivity contribution in [2.75, 3.05) is 48.1 Å². The number of ketones is 1. The summed E-state index contributed by atoms with van der Waals surface area (Å²) < 4.78 is 10.6. The summed E-state index contributed by atoms with van der Waals surface area (Å²) in [5.41, 5.74) is 0.936. The van der Waals surface area contributed by atoms with Crippen LogP contribution in [0.5, 0.6) is 11.5 Å². The van der Waals surface area contributed by atoms with Gasteiger partial charge in [-0.1, -0.05) is 12.1 Å². The fourth-order valence-corrected chi connectivity index (χ4v) is 2.45. The summed E-state index contributed by atoms with van der Waals surface area (Å²) in [6.07, 6.45) is 3.50. The Morgan fingerprint density at radius 1 is 1.14 bits per heavy atom. The Kier molecular flexibility index (Phi) is 5.57. The molecule has 1 heterocycles. The van der Waals surface area contributed by atoms with E-state index in [1.54, 1.807) is 6.08 Å². The van der Waals surface area contributed by atoms with E-state index in [2.05, 4.69) is 0 Å². The van der Waals surface area contributed by atoms with Crippen LogP contribution in [-0.2, 0) is 4.79 Å². The maximum absolute atomic E-state index is 12.4. The van der Waals surface area contributed by atoms with Crippen LogP contribution in [0.4, 0.5) is 0 Å². The first-order valence-corrected chi connectivity index (χ1v) is 7.36. The summed E-state index contributed by atoms with van der Waals surface area (Å²) in [6, 6.07) is 5.67. The van der Waals surface area contributed by atoms with E-state index in [0.717, 1.165) is 30.2 Å². The van der Waals surface area contributed by atoms with Crippen molar-refractivity contribution in [3.63, 3.8) is 0 Å². The van der Waals surface area contributed by atoms with Crippen LogP contribution in [-0.4, -0.2) is 63.7 Å². The van der Waals surface area contributed by atoms with Crippen LogP contribution < -0.4 is 9.47 Å². The molecule has 0 atom stereocenters. The minimum absolute atomic E-state index is 0.0322. The summed E-state index contributed by atoms with van der Waals surface area (Å²) in [5, 5.41) is 0. The molecule has 1 aliphatic rings. The molecule has 0 radical (unpaired) electrons. The average Bonchev–Trinajstić information content (AvgIpc) is 2.90. The Morgan fingerprint density at radius 2 is 1.77 bits per heavy atom. The summed E-state index contributed by atoms with van der Waals surface area (Å²) in [6.45, 7) is 1.74. The molecule has 0 saturated heterocycles. The molecule has 0 fully saturated rings. The minimum Gasteiger partial charge on any atom is -0.454 e. The van der Waals surface area contributed by atoms with Crippen LogP contribution >= 0.6 is 0 Å². The fraction of sp³-hybridized carbons (Fsp3) is 0.471. The highest BCUT2D eigenvalue weighted by Gasteiger charge is 2.18. The average molecular weight is 304 g/mol. The summed E-state index contributed by atoms with van der Waals surface area (Å²) >= 11 is 0. The van der Waals surface area contributed by atoms with Crippen molar-refractivity contribution in [3.05, 3.63) is 29.8 Å². The normalized spacial score (nSPS) is 13.8. The lowest BCUT2D eigenvalue weighted by Crippen LogP contribution is -2.34. The molecule has 0 unspecified atom stereocenters. The molecule has 120 valence electrons. The van der Waals surface area contributed by atoms with Crippen molar-refractivity contribution < 1.29 is 14.3 Å². The fourth-order valence-electron chi connectivity index (χ4n) is 2.45. The third-order valence-corrected chi connectivity index (χ3v) is 3.41. The second kappa shape index (κ2) is 7.42. The zero-order chi connectivity index (χ0) is 16.1. The molecule has 22 heavy (non-hydrogen) atoms. The molecule has 0 amide bonds. The predicted molar refractivity (Wildman–Crippen MR) is 87.2 cm³/mol. The van der Waals surface area contributed by atoms with Crippen LogP contribution in [0.2, 0.25) is 0 Å². The molecule has 1 aromatic rings. The lowest BCUT2D eigenvalue weighted by Gasteiger charge is -2.22. The first-order valence-electron chi connectivity index (χ1n) is 7.36. The van der Waals surface area contributed by atoms with Gasteiger partial charge >= 0.3 is 0 Å². The summed E-state index contributed by atoms with van der Waals surface area (Å²) in [7, 11) is 7.93. The van der Waals surface area contributed by atoms with E-state index in [9.17, 15) is 4.79 Å². The van der Waals surface area contributed by atoms with Crippen molar-refractivity contribution in [2.45, 2.75) is 0 Å². The molecular formula is C17H24N2O3. The quantitative estimate of drug-likeness (QED) is 0.718.